The molecule has 0 unspecified atom stereocenters. The Bertz CT molecular complexity index is 330. The average molecular weight is 197 g/mol. The lowest BCUT2D eigenvalue weighted by Gasteiger charge is -2.08. The van der Waals surface area contributed by atoms with Gasteiger partial charge in [-0.3, -0.25) is 0 Å². The number of hydrogen-bond acceptors (Lipinski definition) is 3. The molecule has 0 amide bonds. The highest BCUT2D eigenvalue weighted by Gasteiger charge is 2.16. The van der Waals surface area contributed by atoms with Gasteiger partial charge >= 0.3 is 0 Å². The monoisotopic (exact) mass is 197 g/mol. The molecule has 4 heteroatoms. The summed E-state index contributed by atoms with van der Waals surface area (Å²) in [6, 6.07) is 5.14. The Kier molecular flexibility index (Phi) is 2.54. The maximum Gasteiger partial charge on any atom is 0.231 e. The van der Waals surface area contributed by atoms with E-state index in [0.717, 1.165) is 0 Å². The fourth-order valence-electron chi connectivity index (χ4n) is 1.41. The largest absolute Gasteiger partial charge is 0.454 e. The van der Waals surface area contributed by atoms with Crippen molar-refractivity contribution in [2.24, 2.45) is 0 Å². The van der Waals surface area contributed by atoms with E-state index in [1.807, 2.05) is 0 Å². The molecule has 0 bridgehead atoms. The Morgan fingerprint density at radius 1 is 1.43 bits per heavy atom. The molecule has 1 aliphatic heterocycles. The molecule has 0 aliphatic carbocycles. The third-order valence-electron chi connectivity index (χ3n) is 2.14. The molecule has 0 saturated carbocycles. The number of benzene rings is 1. The Morgan fingerprint density at radius 2 is 2.21 bits per heavy atom. The molecule has 1 aromatic rings. The highest BCUT2D eigenvalue weighted by atomic mass is 19.1. The van der Waals surface area contributed by atoms with Crippen molar-refractivity contribution in [1.29, 1.82) is 0 Å². The summed E-state index contributed by atoms with van der Waals surface area (Å²) in [6.07, 6.45) is -1.01. The molecule has 1 N–H and O–H groups in total. The minimum Gasteiger partial charge on any atom is -0.454 e. The van der Waals surface area contributed by atoms with E-state index in [0.29, 0.717) is 23.6 Å². The van der Waals surface area contributed by atoms with Gasteiger partial charge in [-0.15, -0.1) is 0 Å². The maximum absolute atomic E-state index is 13.4. The van der Waals surface area contributed by atoms with Crippen LogP contribution < -0.4 is 14.8 Å². The Labute approximate surface area is 81.8 Å². The Morgan fingerprint density at radius 3 is 3.00 bits per heavy atom. The van der Waals surface area contributed by atoms with Crippen LogP contribution in [0.4, 0.5) is 4.39 Å². The van der Waals surface area contributed by atoms with E-state index in [9.17, 15) is 4.39 Å². The average Bonchev–Trinajstić information content (AvgIpc) is 2.64. The summed E-state index contributed by atoms with van der Waals surface area (Å²) in [5.41, 5.74) is 0.614. The van der Waals surface area contributed by atoms with Crippen LogP contribution in [0, 0.1) is 0 Å². The molecule has 0 spiro atoms. The van der Waals surface area contributed by atoms with E-state index in [1.54, 1.807) is 25.2 Å². The van der Waals surface area contributed by atoms with Gasteiger partial charge in [0, 0.05) is 6.54 Å². The number of nitrogens with one attached hydrogen (secondary N) is 1. The molecule has 3 nitrogen and oxygen atoms in total. The van der Waals surface area contributed by atoms with E-state index in [1.165, 1.54) is 0 Å². The molecule has 14 heavy (non-hydrogen) atoms. The van der Waals surface area contributed by atoms with Gasteiger partial charge in [0.2, 0.25) is 6.79 Å². The van der Waals surface area contributed by atoms with Gasteiger partial charge in [-0.25, -0.2) is 4.39 Å². The summed E-state index contributed by atoms with van der Waals surface area (Å²) in [6.45, 7) is 0.529. The van der Waals surface area contributed by atoms with E-state index in [4.69, 9.17) is 9.47 Å². The second-order valence-corrected chi connectivity index (χ2v) is 3.14. The molecule has 1 aliphatic rings. The fourth-order valence-corrected chi connectivity index (χ4v) is 1.41. The minimum absolute atomic E-state index is 0.224. The van der Waals surface area contributed by atoms with Crippen molar-refractivity contribution < 1.29 is 13.9 Å². The SMILES string of the molecule is CNC[C@H](F)c1ccc2c(c1)OCO2. The first-order valence-corrected chi connectivity index (χ1v) is 4.49. The van der Waals surface area contributed by atoms with Gasteiger partial charge in [-0.2, -0.15) is 0 Å². The number of alkyl halides is 1. The van der Waals surface area contributed by atoms with Crippen LogP contribution in [0.15, 0.2) is 18.2 Å². The van der Waals surface area contributed by atoms with E-state index in [2.05, 4.69) is 5.32 Å². The number of ether oxygens (including phenoxy) is 2. The summed E-state index contributed by atoms with van der Waals surface area (Å²) in [4.78, 5) is 0. The van der Waals surface area contributed by atoms with Crippen LogP contribution >= 0.6 is 0 Å². The van der Waals surface area contributed by atoms with Crippen molar-refractivity contribution in [2.45, 2.75) is 6.17 Å². The lowest BCUT2D eigenvalue weighted by atomic mass is 10.1. The first kappa shape index (κ1) is 9.27. The highest BCUT2D eigenvalue weighted by molar-refractivity contribution is 5.45. The zero-order valence-corrected chi connectivity index (χ0v) is 7.92. The third-order valence-corrected chi connectivity index (χ3v) is 2.14. The standard InChI is InChI=1S/C10H12FNO2/c1-12-5-8(11)7-2-3-9-10(4-7)14-6-13-9/h2-4,8,12H,5-6H2,1H3/t8-/m0/s1. The van der Waals surface area contributed by atoms with Crippen LogP contribution in [0.2, 0.25) is 0 Å². The summed E-state index contributed by atoms with van der Waals surface area (Å²) in [5.74, 6) is 1.31. The van der Waals surface area contributed by atoms with Crippen LogP contribution in [0.5, 0.6) is 11.5 Å². The summed E-state index contributed by atoms with van der Waals surface area (Å²) >= 11 is 0. The molecule has 76 valence electrons. The van der Waals surface area contributed by atoms with Crippen molar-refractivity contribution in [1.82, 2.24) is 5.32 Å². The molecule has 0 fully saturated rings. The quantitative estimate of drug-likeness (QED) is 0.799. The van der Waals surface area contributed by atoms with Gasteiger partial charge < -0.3 is 14.8 Å². The Balaban J connectivity index is 2.19. The van der Waals surface area contributed by atoms with Crippen LogP contribution in [-0.4, -0.2) is 20.4 Å². The summed E-state index contributed by atoms with van der Waals surface area (Å²) in [7, 11) is 1.72. The number of hydrogen-bond donors (Lipinski definition) is 1. The predicted octanol–water partition coefficient (Wildman–Crippen LogP) is 1.65. The summed E-state index contributed by atoms with van der Waals surface area (Å²) in [5, 5.41) is 2.79. The zero-order chi connectivity index (χ0) is 9.97. The van der Waals surface area contributed by atoms with Crippen LogP contribution in [0.1, 0.15) is 11.7 Å². The van der Waals surface area contributed by atoms with Crippen molar-refractivity contribution >= 4 is 0 Å². The van der Waals surface area contributed by atoms with Crippen molar-refractivity contribution in [3.05, 3.63) is 23.8 Å². The van der Waals surface area contributed by atoms with Crippen molar-refractivity contribution in [3.63, 3.8) is 0 Å². The molecule has 0 saturated heterocycles. The number of likely N-dealkylation sites (N-methyl/N-ethyl adjacent to an activating group) is 1. The zero-order valence-electron chi connectivity index (χ0n) is 7.92. The Hall–Kier alpha value is -1.29. The number of halogens is 1. The van der Waals surface area contributed by atoms with Gasteiger partial charge in [-0.1, -0.05) is 6.07 Å². The number of fused-ring (bicyclic) bond motifs is 1. The van der Waals surface area contributed by atoms with Crippen LogP contribution in [-0.2, 0) is 0 Å². The van der Waals surface area contributed by atoms with E-state index in [-0.39, 0.29) is 6.79 Å². The van der Waals surface area contributed by atoms with Gasteiger partial charge in [0.15, 0.2) is 11.5 Å². The fraction of sp³-hybridized carbons (Fsp3) is 0.400. The van der Waals surface area contributed by atoms with Crippen LogP contribution in [0.3, 0.4) is 0 Å². The summed E-state index contributed by atoms with van der Waals surface area (Å²) < 4.78 is 23.7. The van der Waals surface area contributed by atoms with Crippen molar-refractivity contribution in [2.75, 3.05) is 20.4 Å². The van der Waals surface area contributed by atoms with E-state index >= 15 is 0 Å². The first-order valence-electron chi connectivity index (χ1n) is 4.49. The molecule has 0 aromatic heterocycles. The third kappa shape index (κ3) is 1.65. The van der Waals surface area contributed by atoms with Gasteiger partial charge in [-0.05, 0) is 24.7 Å². The van der Waals surface area contributed by atoms with Gasteiger partial charge in [0.1, 0.15) is 6.17 Å². The molecule has 1 aromatic carbocycles. The molecule has 1 atom stereocenters. The minimum atomic E-state index is -1.01. The van der Waals surface area contributed by atoms with Gasteiger partial charge in [0.05, 0.1) is 0 Å². The molecule has 2 rings (SSSR count). The maximum atomic E-state index is 13.4. The first-order chi connectivity index (χ1) is 6.81. The second-order valence-electron chi connectivity index (χ2n) is 3.14. The number of rotatable bonds is 3. The predicted molar refractivity (Wildman–Crippen MR) is 50.3 cm³/mol. The topological polar surface area (TPSA) is 30.5 Å². The van der Waals surface area contributed by atoms with Crippen molar-refractivity contribution in [3.8, 4) is 11.5 Å². The molecule has 0 radical (unpaired) electrons. The normalized spacial score (nSPS) is 15.6. The van der Waals surface area contributed by atoms with Gasteiger partial charge in [0.25, 0.3) is 0 Å². The molecular weight excluding hydrogens is 185 g/mol. The molecular formula is C10H12FNO2. The molecule has 1 heterocycles. The second kappa shape index (κ2) is 3.84. The highest BCUT2D eigenvalue weighted by Crippen LogP contribution is 2.34. The van der Waals surface area contributed by atoms with E-state index < -0.39 is 6.17 Å². The lowest BCUT2D eigenvalue weighted by molar-refractivity contribution is 0.174. The van der Waals surface area contributed by atoms with Crippen LogP contribution in [0.25, 0.3) is 0 Å². The lowest BCUT2D eigenvalue weighted by Crippen LogP contribution is -2.13. The smallest absolute Gasteiger partial charge is 0.231 e.